The molecule has 0 spiro atoms. The monoisotopic (exact) mass is 441 g/mol. The van der Waals surface area contributed by atoms with Crippen molar-refractivity contribution in [2.75, 3.05) is 6.54 Å². The maximum absolute atomic E-state index is 12.3. The van der Waals surface area contributed by atoms with Crippen LogP contribution >= 0.6 is 22.9 Å². The number of rotatable bonds is 6. The van der Waals surface area contributed by atoms with Gasteiger partial charge in [0.15, 0.2) is 5.06 Å². The summed E-state index contributed by atoms with van der Waals surface area (Å²) in [6.07, 6.45) is 0.910. The Balaban J connectivity index is 1.48. The zero-order valence-electron chi connectivity index (χ0n) is 16.1. The first kappa shape index (κ1) is 20.6. The first-order valence-corrected chi connectivity index (χ1v) is 10.8. The van der Waals surface area contributed by atoms with Crippen LogP contribution in [-0.2, 0) is 29.0 Å². The van der Waals surface area contributed by atoms with Gasteiger partial charge in [-0.05, 0) is 35.2 Å². The molecule has 1 aromatic heterocycles. The quantitative estimate of drug-likeness (QED) is 0.560. The summed E-state index contributed by atoms with van der Waals surface area (Å²) in [5.74, 6) is -1.24. The van der Waals surface area contributed by atoms with Crippen molar-refractivity contribution >= 4 is 34.9 Å². The van der Waals surface area contributed by atoms with Crippen molar-refractivity contribution in [3.05, 3.63) is 87.3 Å². The van der Waals surface area contributed by atoms with Gasteiger partial charge in [0.05, 0.1) is 6.42 Å². The van der Waals surface area contributed by atoms with Gasteiger partial charge >= 0.3 is 11.9 Å². The zero-order chi connectivity index (χ0) is 21.1. The highest BCUT2D eigenvalue weighted by atomic mass is 35.5. The van der Waals surface area contributed by atoms with Crippen molar-refractivity contribution in [3.63, 3.8) is 0 Å². The third-order valence-corrected chi connectivity index (χ3v) is 6.54. The average Bonchev–Trinajstić information content (AvgIpc) is 3.11. The lowest BCUT2D eigenvalue weighted by atomic mass is 10.0. The molecule has 1 atom stereocenters. The Labute approximate surface area is 183 Å². The van der Waals surface area contributed by atoms with Gasteiger partial charge in [0.1, 0.15) is 6.04 Å². The van der Waals surface area contributed by atoms with Gasteiger partial charge in [0, 0.05) is 23.0 Å². The number of carbonyl (C=O) groups is 2. The number of ether oxygens (including phenoxy) is 1. The van der Waals surface area contributed by atoms with Crippen LogP contribution in [0.25, 0.3) is 0 Å². The molecule has 5 nitrogen and oxygen atoms in total. The second-order valence-corrected chi connectivity index (χ2v) is 8.64. The molecular formula is C23H20ClNO4S. The molecule has 4 rings (SSSR count). The molecular weight excluding hydrogens is 422 g/mol. The lowest BCUT2D eigenvalue weighted by Crippen LogP contribution is -2.37. The van der Waals surface area contributed by atoms with E-state index in [1.165, 1.54) is 11.3 Å². The largest absolute Gasteiger partial charge is 0.480 e. The predicted molar refractivity (Wildman–Crippen MR) is 116 cm³/mol. The van der Waals surface area contributed by atoms with Crippen LogP contribution < -0.4 is 4.74 Å². The lowest BCUT2D eigenvalue weighted by Gasteiger charge is -2.32. The van der Waals surface area contributed by atoms with E-state index in [9.17, 15) is 14.7 Å². The molecule has 3 aromatic rings. The number of hydrogen-bond acceptors (Lipinski definition) is 5. The third-order valence-electron chi connectivity index (χ3n) is 5.08. The number of fused-ring (bicyclic) bond motifs is 1. The van der Waals surface area contributed by atoms with Crippen molar-refractivity contribution in [1.82, 2.24) is 4.90 Å². The fourth-order valence-corrected chi connectivity index (χ4v) is 4.96. The molecule has 0 bridgehead atoms. The second-order valence-electron chi connectivity index (χ2n) is 7.13. The molecule has 7 heteroatoms. The topological polar surface area (TPSA) is 66.8 Å². The summed E-state index contributed by atoms with van der Waals surface area (Å²) in [6, 6.07) is 17.5. The van der Waals surface area contributed by atoms with Gasteiger partial charge in [-0.1, -0.05) is 60.1 Å². The first-order valence-electron chi connectivity index (χ1n) is 9.58. The first-order chi connectivity index (χ1) is 14.5. The van der Waals surface area contributed by atoms with Gasteiger partial charge in [0.25, 0.3) is 0 Å². The Morgan fingerprint density at radius 1 is 1.13 bits per heavy atom. The smallest absolute Gasteiger partial charge is 0.325 e. The van der Waals surface area contributed by atoms with Gasteiger partial charge in [-0.3, -0.25) is 14.5 Å². The van der Waals surface area contributed by atoms with Crippen LogP contribution in [-0.4, -0.2) is 28.5 Å². The van der Waals surface area contributed by atoms with E-state index in [2.05, 4.69) is 0 Å². The molecule has 1 aliphatic heterocycles. The lowest BCUT2D eigenvalue weighted by molar-refractivity contribution is -0.144. The molecule has 0 amide bonds. The van der Waals surface area contributed by atoms with E-state index in [1.807, 2.05) is 41.3 Å². The van der Waals surface area contributed by atoms with Crippen LogP contribution in [0, 0.1) is 0 Å². The van der Waals surface area contributed by atoms with Crippen molar-refractivity contribution in [2.24, 2.45) is 0 Å². The molecule has 2 heterocycles. The molecule has 0 unspecified atom stereocenters. The molecule has 30 heavy (non-hydrogen) atoms. The van der Waals surface area contributed by atoms with Crippen molar-refractivity contribution in [1.29, 1.82) is 0 Å². The molecule has 2 aromatic carbocycles. The normalized spacial score (nSPS) is 14.7. The SMILES string of the molecule is O=C(Cc1ccccc1)Oc1cc2c(s1)CCN([C@H](C(=O)O)c1ccccc1Cl)C2. The molecule has 1 aliphatic rings. The van der Waals surface area contributed by atoms with Gasteiger partial charge in [-0.25, -0.2) is 0 Å². The number of halogens is 1. The standard InChI is InChI=1S/C23H20ClNO4S/c24-18-9-5-4-8-17(18)22(23(27)28)25-11-10-19-16(14-25)13-21(30-19)29-20(26)12-15-6-2-1-3-7-15/h1-9,13,22H,10-12,14H2,(H,27,28)/t22-/m0/s1. The molecule has 0 saturated heterocycles. The van der Waals surface area contributed by atoms with Crippen LogP contribution in [0.1, 0.15) is 27.6 Å². The summed E-state index contributed by atoms with van der Waals surface area (Å²) in [5.41, 5.74) is 2.48. The molecule has 0 fully saturated rings. The third kappa shape index (κ3) is 4.56. The molecule has 0 saturated carbocycles. The van der Waals surface area contributed by atoms with E-state index in [0.717, 1.165) is 16.0 Å². The minimum atomic E-state index is -0.934. The molecule has 0 radical (unpaired) electrons. The molecule has 154 valence electrons. The van der Waals surface area contributed by atoms with Gasteiger partial charge < -0.3 is 9.84 Å². The van der Waals surface area contributed by atoms with Crippen LogP contribution in [0.15, 0.2) is 60.7 Å². The minimum Gasteiger partial charge on any atom is -0.480 e. The summed E-state index contributed by atoms with van der Waals surface area (Å²) >= 11 is 7.72. The van der Waals surface area contributed by atoms with Gasteiger partial charge in [-0.2, -0.15) is 0 Å². The number of carbonyl (C=O) groups excluding carboxylic acids is 1. The fourth-order valence-electron chi connectivity index (χ4n) is 3.69. The molecule has 0 aliphatic carbocycles. The maximum Gasteiger partial charge on any atom is 0.325 e. The Hall–Kier alpha value is -2.67. The second kappa shape index (κ2) is 9.00. The average molecular weight is 442 g/mol. The molecule has 1 N–H and O–H groups in total. The Bertz CT molecular complexity index is 1070. The highest BCUT2D eigenvalue weighted by molar-refractivity contribution is 7.14. The highest BCUT2D eigenvalue weighted by Crippen LogP contribution is 2.37. The Kier molecular flexibility index (Phi) is 6.18. The number of hydrogen-bond donors (Lipinski definition) is 1. The Morgan fingerprint density at radius 3 is 2.60 bits per heavy atom. The Morgan fingerprint density at radius 2 is 1.87 bits per heavy atom. The fraction of sp³-hybridized carbons (Fsp3) is 0.217. The van der Waals surface area contributed by atoms with Gasteiger partial charge in [-0.15, -0.1) is 11.3 Å². The predicted octanol–water partition coefficient (Wildman–Crippen LogP) is 4.73. The van der Waals surface area contributed by atoms with Crippen LogP contribution in [0.3, 0.4) is 0 Å². The minimum absolute atomic E-state index is 0.211. The van der Waals surface area contributed by atoms with Crippen molar-refractivity contribution in [3.8, 4) is 5.06 Å². The number of esters is 1. The summed E-state index contributed by atoms with van der Waals surface area (Å²) in [6.45, 7) is 1.05. The van der Waals surface area contributed by atoms with E-state index < -0.39 is 12.0 Å². The number of carboxylic acid groups (broad SMARTS) is 1. The number of nitrogens with zero attached hydrogens (tertiary/aromatic N) is 1. The van der Waals surface area contributed by atoms with E-state index in [1.54, 1.807) is 24.3 Å². The number of aliphatic carboxylic acids is 1. The van der Waals surface area contributed by atoms with E-state index >= 15 is 0 Å². The zero-order valence-corrected chi connectivity index (χ0v) is 17.7. The van der Waals surface area contributed by atoms with Crippen LogP contribution in [0.2, 0.25) is 5.02 Å². The number of benzene rings is 2. The van der Waals surface area contributed by atoms with Crippen molar-refractivity contribution < 1.29 is 19.4 Å². The van der Waals surface area contributed by atoms with E-state index in [0.29, 0.717) is 35.2 Å². The highest BCUT2D eigenvalue weighted by Gasteiger charge is 2.32. The van der Waals surface area contributed by atoms with Crippen LogP contribution in [0.5, 0.6) is 5.06 Å². The summed E-state index contributed by atoms with van der Waals surface area (Å²) in [4.78, 5) is 27.3. The van der Waals surface area contributed by atoms with Crippen LogP contribution in [0.4, 0.5) is 0 Å². The van der Waals surface area contributed by atoms with E-state index in [-0.39, 0.29) is 12.4 Å². The summed E-state index contributed by atoms with van der Waals surface area (Å²) < 4.78 is 5.54. The van der Waals surface area contributed by atoms with Gasteiger partial charge in [0.2, 0.25) is 0 Å². The number of thiophene rings is 1. The number of carboxylic acids is 1. The summed E-state index contributed by atoms with van der Waals surface area (Å²) in [5, 5.41) is 10.8. The van der Waals surface area contributed by atoms with E-state index in [4.69, 9.17) is 16.3 Å². The van der Waals surface area contributed by atoms with Crippen molar-refractivity contribution in [2.45, 2.75) is 25.4 Å². The maximum atomic E-state index is 12.3. The summed E-state index contributed by atoms with van der Waals surface area (Å²) in [7, 11) is 0.